The molecule has 106 valence electrons. The standard InChI is InChI=1S/C13H12ClO5P/c14-12-7-11(4-5-13(12)15)19-10-3-1-2-9(6-10)8-20(16,17)18/h1-7,15H,8H2,(H2,16,17,18). The molecule has 0 amide bonds. The van der Waals surface area contributed by atoms with Gasteiger partial charge in [0.2, 0.25) is 0 Å². The van der Waals surface area contributed by atoms with Gasteiger partial charge in [-0.15, -0.1) is 0 Å². The molecule has 20 heavy (non-hydrogen) atoms. The molecular formula is C13H12ClO5P. The monoisotopic (exact) mass is 314 g/mol. The van der Waals surface area contributed by atoms with Gasteiger partial charge in [0.1, 0.15) is 17.2 Å². The van der Waals surface area contributed by atoms with Gasteiger partial charge in [-0.3, -0.25) is 4.57 Å². The van der Waals surface area contributed by atoms with Gasteiger partial charge in [0, 0.05) is 6.07 Å². The van der Waals surface area contributed by atoms with E-state index in [1.807, 2.05) is 0 Å². The highest BCUT2D eigenvalue weighted by Crippen LogP contribution is 2.40. The van der Waals surface area contributed by atoms with Crippen molar-refractivity contribution in [2.75, 3.05) is 0 Å². The smallest absolute Gasteiger partial charge is 0.329 e. The lowest BCUT2D eigenvalue weighted by Crippen LogP contribution is -1.89. The molecule has 0 radical (unpaired) electrons. The van der Waals surface area contributed by atoms with E-state index in [0.717, 1.165) is 0 Å². The SMILES string of the molecule is O=P(O)(O)Cc1cccc(Oc2ccc(O)c(Cl)c2)c1. The number of hydrogen-bond donors (Lipinski definition) is 3. The zero-order valence-corrected chi connectivity index (χ0v) is 11.9. The van der Waals surface area contributed by atoms with E-state index in [1.165, 1.54) is 18.2 Å². The van der Waals surface area contributed by atoms with Gasteiger partial charge in [0.25, 0.3) is 0 Å². The first-order valence-electron chi connectivity index (χ1n) is 5.63. The van der Waals surface area contributed by atoms with Gasteiger partial charge in [0.05, 0.1) is 11.2 Å². The molecule has 2 aromatic carbocycles. The zero-order chi connectivity index (χ0) is 14.8. The molecule has 0 atom stereocenters. The Morgan fingerprint density at radius 1 is 1.10 bits per heavy atom. The third-order valence-corrected chi connectivity index (χ3v) is 3.52. The van der Waals surface area contributed by atoms with E-state index < -0.39 is 7.60 Å². The van der Waals surface area contributed by atoms with Crippen LogP contribution in [0.4, 0.5) is 0 Å². The highest BCUT2D eigenvalue weighted by atomic mass is 35.5. The maximum atomic E-state index is 11.0. The summed E-state index contributed by atoms with van der Waals surface area (Å²) >= 11 is 5.77. The third-order valence-electron chi connectivity index (χ3n) is 2.44. The van der Waals surface area contributed by atoms with Crippen molar-refractivity contribution in [1.29, 1.82) is 0 Å². The Kier molecular flexibility index (Phi) is 4.35. The van der Waals surface area contributed by atoms with Crippen LogP contribution in [0.15, 0.2) is 42.5 Å². The Balaban J connectivity index is 2.19. The molecule has 0 saturated heterocycles. The lowest BCUT2D eigenvalue weighted by Gasteiger charge is -2.09. The first-order chi connectivity index (χ1) is 9.33. The van der Waals surface area contributed by atoms with Crippen LogP contribution in [0.2, 0.25) is 5.02 Å². The summed E-state index contributed by atoms with van der Waals surface area (Å²) in [5.74, 6) is 0.799. The molecule has 0 unspecified atom stereocenters. The number of benzene rings is 2. The fraction of sp³-hybridized carbons (Fsp3) is 0.0769. The van der Waals surface area contributed by atoms with E-state index in [4.69, 9.17) is 26.1 Å². The lowest BCUT2D eigenvalue weighted by molar-refractivity contribution is 0.371. The highest BCUT2D eigenvalue weighted by Gasteiger charge is 2.14. The third kappa shape index (κ3) is 4.25. The van der Waals surface area contributed by atoms with E-state index in [9.17, 15) is 9.67 Å². The Morgan fingerprint density at radius 3 is 2.45 bits per heavy atom. The van der Waals surface area contributed by atoms with Crippen molar-refractivity contribution < 1.29 is 24.2 Å². The van der Waals surface area contributed by atoms with Crippen LogP contribution in [0.1, 0.15) is 5.56 Å². The Morgan fingerprint density at radius 2 is 1.80 bits per heavy atom. The molecule has 2 rings (SSSR count). The number of halogens is 1. The average Bonchev–Trinajstić information content (AvgIpc) is 2.32. The molecular weight excluding hydrogens is 303 g/mol. The number of phenolic OH excluding ortho intramolecular Hbond substituents is 1. The minimum atomic E-state index is -4.11. The Bertz CT molecular complexity index is 668. The van der Waals surface area contributed by atoms with Crippen LogP contribution in [-0.4, -0.2) is 14.9 Å². The van der Waals surface area contributed by atoms with Crippen molar-refractivity contribution in [2.24, 2.45) is 0 Å². The van der Waals surface area contributed by atoms with Gasteiger partial charge in [0.15, 0.2) is 0 Å². The van der Waals surface area contributed by atoms with E-state index in [2.05, 4.69) is 0 Å². The van der Waals surface area contributed by atoms with Crippen LogP contribution in [0.5, 0.6) is 17.2 Å². The van der Waals surface area contributed by atoms with Crippen molar-refractivity contribution in [2.45, 2.75) is 6.16 Å². The van der Waals surface area contributed by atoms with Gasteiger partial charge in [-0.2, -0.15) is 0 Å². The zero-order valence-electron chi connectivity index (χ0n) is 10.2. The molecule has 0 fully saturated rings. The predicted molar refractivity (Wildman–Crippen MR) is 75.4 cm³/mol. The van der Waals surface area contributed by atoms with Crippen LogP contribution < -0.4 is 4.74 Å². The van der Waals surface area contributed by atoms with Crippen LogP contribution in [0, 0.1) is 0 Å². The first kappa shape index (κ1) is 14.9. The van der Waals surface area contributed by atoms with E-state index in [0.29, 0.717) is 17.1 Å². The summed E-state index contributed by atoms with van der Waals surface area (Å²) in [4.78, 5) is 17.9. The summed E-state index contributed by atoms with van der Waals surface area (Å²) in [6.45, 7) is 0. The fourth-order valence-corrected chi connectivity index (χ4v) is 2.48. The van der Waals surface area contributed by atoms with E-state index in [-0.39, 0.29) is 16.9 Å². The molecule has 0 aliphatic carbocycles. The van der Waals surface area contributed by atoms with Crippen molar-refractivity contribution >= 4 is 19.2 Å². The molecule has 3 N–H and O–H groups in total. The quantitative estimate of drug-likeness (QED) is 0.752. The minimum Gasteiger partial charge on any atom is -0.506 e. The molecule has 0 spiro atoms. The van der Waals surface area contributed by atoms with Crippen LogP contribution in [-0.2, 0) is 10.7 Å². The van der Waals surface area contributed by atoms with Crippen molar-refractivity contribution in [3.8, 4) is 17.2 Å². The molecule has 7 heteroatoms. The van der Waals surface area contributed by atoms with Crippen molar-refractivity contribution in [3.63, 3.8) is 0 Å². The fourth-order valence-electron chi connectivity index (χ4n) is 1.63. The molecule has 0 aliphatic rings. The molecule has 0 bridgehead atoms. The number of aromatic hydroxyl groups is 1. The summed E-state index contributed by atoms with van der Waals surface area (Å²) in [7, 11) is -4.11. The normalized spacial score (nSPS) is 11.3. The molecule has 5 nitrogen and oxygen atoms in total. The van der Waals surface area contributed by atoms with Crippen LogP contribution in [0.25, 0.3) is 0 Å². The first-order valence-corrected chi connectivity index (χ1v) is 7.81. The van der Waals surface area contributed by atoms with Crippen molar-refractivity contribution in [3.05, 3.63) is 53.1 Å². The second kappa shape index (κ2) is 5.85. The maximum Gasteiger partial charge on any atom is 0.329 e. The summed E-state index contributed by atoms with van der Waals surface area (Å²) in [6, 6.07) is 10.8. The second-order valence-electron chi connectivity index (χ2n) is 4.19. The molecule has 0 aliphatic heterocycles. The molecule has 0 saturated carbocycles. The van der Waals surface area contributed by atoms with Crippen LogP contribution in [0.3, 0.4) is 0 Å². The van der Waals surface area contributed by atoms with Gasteiger partial charge in [-0.1, -0.05) is 23.7 Å². The number of ether oxygens (including phenoxy) is 1. The molecule has 2 aromatic rings. The lowest BCUT2D eigenvalue weighted by atomic mass is 10.2. The van der Waals surface area contributed by atoms with Crippen LogP contribution >= 0.6 is 19.2 Å². The maximum absolute atomic E-state index is 11.0. The highest BCUT2D eigenvalue weighted by molar-refractivity contribution is 7.50. The van der Waals surface area contributed by atoms with Gasteiger partial charge < -0.3 is 19.6 Å². The molecule has 0 heterocycles. The largest absolute Gasteiger partial charge is 0.506 e. The Hall–Kier alpha value is -1.52. The number of phenols is 1. The number of hydrogen-bond acceptors (Lipinski definition) is 3. The summed E-state index contributed by atoms with van der Waals surface area (Å²) in [5.41, 5.74) is 0.473. The van der Waals surface area contributed by atoms with Gasteiger partial charge in [-0.25, -0.2) is 0 Å². The summed E-state index contributed by atoms with van der Waals surface area (Å²) in [5, 5.41) is 9.47. The topological polar surface area (TPSA) is 87.0 Å². The van der Waals surface area contributed by atoms with E-state index >= 15 is 0 Å². The van der Waals surface area contributed by atoms with Gasteiger partial charge in [-0.05, 0) is 29.8 Å². The summed E-state index contributed by atoms with van der Waals surface area (Å²) < 4.78 is 16.5. The summed E-state index contributed by atoms with van der Waals surface area (Å²) in [6.07, 6.45) is -0.347. The second-order valence-corrected chi connectivity index (χ2v) is 6.24. The molecule has 0 aromatic heterocycles. The predicted octanol–water partition coefficient (Wildman–Crippen LogP) is 3.52. The van der Waals surface area contributed by atoms with E-state index in [1.54, 1.807) is 24.3 Å². The van der Waals surface area contributed by atoms with Gasteiger partial charge >= 0.3 is 7.60 Å². The number of rotatable bonds is 4. The van der Waals surface area contributed by atoms with Crippen molar-refractivity contribution in [1.82, 2.24) is 0 Å². The average molecular weight is 315 g/mol. The Labute approximate surface area is 120 Å². The minimum absolute atomic E-state index is 0.0470.